The Bertz CT molecular complexity index is 3330. The number of carbonyl (C=O) groups excluding carboxylic acids is 7. The van der Waals surface area contributed by atoms with Crippen molar-refractivity contribution in [3.63, 3.8) is 0 Å². The Kier molecular flexibility index (Phi) is 33.0. The molecule has 0 aromatic carbocycles. The number of piperazine rings is 4. The number of aromatic carboxylic acids is 1. The first-order valence-corrected chi connectivity index (χ1v) is 34.5. The minimum absolute atomic E-state index is 0. The van der Waals surface area contributed by atoms with Gasteiger partial charge in [0.2, 0.25) is 35.6 Å². The van der Waals surface area contributed by atoms with E-state index in [9.17, 15) is 38.4 Å². The fourth-order valence-corrected chi connectivity index (χ4v) is 10.5. The van der Waals surface area contributed by atoms with Crippen LogP contribution in [0.2, 0.25) is 0 Å². The maximum Gasteiger partial charge on any atom is 1.00 e. The van der Waals surface area contributed by atoms with Crippen molar-refractivity contribution < 1.29 is 101 Å². The average Bonchev–Trinajstić information content (AvgIpc) is 0.852. The summed E-state index contributed by atoms with van der Waals surface area (Å²) in [6, 6.07) is 0. The summed E-state index contributed by atoms with van der Waals surface area (Å²) in [5, 5.41) is 9.02. The molecule has 0 radical (unpaired) electrons. The third-order valence-electron chi connectivity index (χ3n) is 15.7. The number of anilines is 4. The fraction of sp³-hybridized carbons (Fsp3) is 0.647. The number of aromatic nitrogens is 8. The molecule has 4 aromatic heterocycles. The van der Waals surface area contributed by atoms with E-state index in [1.165, 1.54) is 24.8 Å². The van der Waals surface area contributed by atoms with E-state index in [0.29, 0.717) is 139 Å². The average molecular weight is 1450 g/mol. The molecule has 104 heavy (non-hydrogen) atoms. The normalized spacial score (nSPS) is 15.4. The molecule has 4 fully saturated rings. The fourth-order valence-electron chi connectivity index (χ4n) is 10.5. The molecule has 0 unspecified atom stereocenters. The molecular formula is C68H103LiN18O17. The zero-order valence-corrected chi connectivity index (χ0v) is 62.8. The van der Waals surface area contributed by atoms with Gasteiger partial charge in [0.15, 0.2) is 0 Å². The summed E-state index contributed by atoms with van der Waals surface area (Å²) in [4.78, 5) is 153. The summed E-state index contributed by atoms with van der Waals surface area (Å²) in [7, 11) is 0. The van der Waals surface area contributed by atoms with Crippen LogP contribution in [0.3, 0.4) is 0 Å². The van der Waals surface area contributed by atoms with Crippen molar-refractivity contribution in [1.29, 1.82) is 0 Å². The first-order valence-electron chi connectivity index (χ1n) is 34.5. The van der Waals surface area contributed by atoms with E-state index >= 15 is 0 Å². The van der Waals surface area contributed by atoms with Crippen molar-refractivity contribution in [1.82, 2.24) is 69.3 Å². The van der Waals surface area contributed by atoms with E-state index in [4.69, 9.17) is 38.3 Å². The first-order chi connectivity index (χ1) is 48.2. The molecule has 35 nitrogen and oxygen atoms in total. The zero-order valence-electron chi connectivity index (χ0n) is 62.8. The summed E-state index contributed by atoms with van der Waals surface area (Å²) < 4.78 is 38.3. The van der Waals surface area contributed by atoms with Gasteiger partial charge in [0.25, 0.3) is 0 Å². The van der Waals surface area contributed by atoms with E-state index in [0.717, 1.165) is 75.2 Å². The molecule has 4 aliphatic rings. The molecule has 4 aromatic rings. The van der Waals surface area contributed by atoms with Crippen LogP contribution in [0.5, 0.6) is 0 Å². The minimum Gasteiger partial charge on any atom is -0.870 e. The van der Waals surface area contributed by atoms with Crippen LogP contribution in [0.1, 0.15) is 135 Å². The van der Waals surface area contributed by atoms with Gasteiger partial charge in [0, 0.05) is 179 Å². The Balaban J connectivity index is 0.000000367. The zero-order chi connectivity index (χ0) is 74.4. The van der Waals surface area contributed by atoms with Crippen LogP contribution in [-0.4, -0.2) is 301 Å². The minimum atomic E-state index is -1.05. The van der Waals surface area contributed by atoms with Crippen LogP contribution >= 0.6 is 0 Å². The third-order valence-corrected chi connectivity index (χ3v) is 15.7. The monoisotopic (exact) mass is 1450 g/mol. The summed E-state index contributed by atoms with van der Waals surface area (Å²) in [5.41, 5.74) is -1.73. The predicted molar refractivity (Wildman–Crippen MR) is 375 cm³/mol. The molecule has 8 heterocycles. The van der Waals surface area contributed by atoms with Crippen molar-refractivity contribution in [2.45, 2.75) is 138 Å². The Hall–Kier alpha value is -8.72. The van der Waals surface area contributed by atoms with Crippen molar-refractivity contribution in [3.05, 3.63) is 71.8 Å². The number of rotatable bonds is 23. The van der Waals surface area contributed by atoms with Gasteiger partial charge >= 0.3 is 55.2 Å². The Morgan fingerprint density at radius 3 is 0.942 bits per heavy atom. The van der Waals surface area contributed by atoms with Gasteiger partial charge in [-0.3, -0.25) is 19.4 Å². The SMILES string of the molecule is CC(C)(C)OC(=O)N(Cc1cnc(N2CCN(C(=O)CCOCCN3CCN(c4ncc(C(=O)O)cn4)CC3)CC2)nc1)C(=O)OC(C)(C)C.CCOC(=O)c1cnc(N2CCN(CCOCCC(=O)N3CCN(c4ncc(CN(C(=O)OC(C)(C)C)C(=O)OC(C)(C)C)cn4)CC3)CC2)nc1.[Li+].[OH-]. The second-order valence-corrected chi connectivity index (χ2v) is 28.6. The Morgan fingerprint density at radius 1 is 0.404 bits per heavy atom. The molecule has 0 bridgehead atoms. The molecule has 0 spiro atoms. The molecule has 2 N–H and O–H groups in total. The summed E-state index contributed by atoms with van der Waals surface area (Å²) in [6.07, 6.45) is 9.23. The first kappa shape index (κ1) is 85.9. The van der Waals surface area contributed by atoms with Crippen LogP contribution < -0.4 is 38.5 Å². The van der Waals surface area contributed by atoms with Crippen LogP contribution in [0.25, 0.3) is 0 Å². The van der Waals surface area contributed by atoms with Crippen LogP contribution in [0.4, 0.5) is 43.0 Å². The molecule has 36 heteroatoms. The van der Waals surface area contributed by atoms with Crippen LogP contribution in [-0.2, 0) is 55.8 Å². The van der Waals surface area contributed by atoms with Crippen molar-refractivity contribution >= 4 is 71.9 Å². The number of carboxylic acid groups (broad SMARTS) is 1. The molecule has 8 rings (SSSR count). The van der Waals surface area contributed by atoms with Crippen molar-refractivity contribution in [2.24, 2.45) is 0 Å². The summed E-state index contributed by atoms with van der Waals surface area (Å²) in [5.74, 6) is 0.715. The second kappa shape index (κ2) is 40.0. The van der Waals surface area contributed by atoms with Gasteiger partial charge < -0.3 is 73.1 Å². The smallest absolute Gasteiger partial charge is 0.870 e. The number of ether oxygens (including phenoxy) is 7. The third kappa shape index (κ3) is 28.7. The Morgan fingerprint density at radius 2 is 0.673 bits per heavy atom. The van der Waals surface area contributed by atoms with E-state index in [2.05, 4.69) is 54.6 Å². The van der Waals surface area contributed by atoms with Crippen molar-refractivity contribution in [2.75, 3.05) is 170 Å². The number of imide groups is 2. The number of hydrogen-bond acceptors (Lipinski definition) is 30. The number of hydrogen-bond donors (Lipinski definition) is 1. The molecular weight excluding hydrogens is 1350 g/mol. The van der Waals surface area contributed by atoms with Gasteiger partial charge in [0.05, 0.1) is 70.1 Å². The maximum atomic E-state index is 12.9. The van der Waals surface area contributed by atoms with Gasteiger partial charge in [-0.1, -0.05) is 0 Å². The van der Waals surface area contributed by atoms with Crippen LogP contribution in [0, 0.1) is 0 Å². The van der Waals surface area contributed by atoms with Gasteiger partial charge in [-0.15, -0.1) is 0 Å². The molecule has 0 aliphatic carbocycles. The molecule has 6 amide bonds. The number of carboxylic acids is 1. The van der Waals surface area contributed by atoms with Gasteiger partial charge in [-0.25, -0.2) is 78.4 Å². The quantitative estimate of drug-likeness (QED) is 0.0482. The summed E-state index contributed by atoms with van der Waals surface area (Å²) >= 11 is 0. The Labute approximate surface area is 620 Å². The molecule has 4 aliphatic heterocycles. The second-order valence-electron chi connectivity index (χ2n) is 28.6. The number of nitrogens with zero attached hydrogens (tertiary/aromatic N) is 18. The van der Waals surface area contributed by atoms with Crippen LogP contribution in [0.15, 0.2) is 49.6 Å². The molecule has 0 saturated carbocycles. The topological polar surface area (TPSA) is 387 Å². The van der Waals surface area contributed by atoms with E-state index in [1.807, 2.05) is 24.5 Å². The number of amides is 6. The van der Waals surface area contributed by atoms with Gasteiger partial charge in [-0.05, 0) is 90.0 Å². The molecule has 4 saturated heterocycles. The van der Waals surface area contributed by atoms with E-state index in [1.54, 1.807) is 115 Å². The van der Waals surface area contributed by atoms with Crippen molar-refractivity contribution in [3.8, 4) is 0 Å². The van der Waals surface area contributed by atoms with E-state index < -0.39 is 58.7 Å². The van der Waals surface area contributed by atoms with Gasteiger partial charge in [0.1, 0.15) is 22.4 Å². The standard InChI is InChI=1S/C35H53N9O8.C33H49N9O8.Li.H2O/c1-8-50-29(46)27-23-38-31(39-24-27)42-12-10-40(11-13-42)18-20-49-19-9-28(45)41-14-16-43(17-15-41)30-36-21-26(22-37-30)25-44(32(47)51-34(2,3)4)33(48)52-35(5,6)7;1-32(2,3)49-30(46)42(31(47)50-33(4,5)6)23-24-19-34-28(35-20-24)41-14-12-39(13-15-41)26(43)7-17-48-18-16-38-8-10-40(11-9-38)29-36-21-25(22-37-29)27(44)45;;/h21-24H,8-20,25H2,1-7H3;19-22H,7-18,23H2,1-6H3,(H,44,45);;1H2/q;;+1;/p-1. The molecule has 0 atom stereocenters. The maximum absolute atomic E-state index is 12.9. The number of esters is 1. The molecule has 568 valence electrons. The number of carbonyl (C=O) groups is 8. The largest absolute Gasteiger partial charge is 1.00 e. The summed E-state index contributed by atoms with van der Waals surface area (Å²) in [6.45, 7) is 36.4. The van der Waals surface area contributed by atoms with Gasteiger partial charge in [-0.2, -0.15) is 0 Å². The van der Waals surface area contributed by atoms with E-state index in [-0.39, 0.29) is 54.8 Å². The predicted octanol–water partition coefficient (Wildman–Crippen LogP) is 2.33.